The predicted molar refractivity (Wildman–Crippen MR) is 60.4 cm³/mol. The highest BCUT2D eigenvalue weighted by Crippen LogP contribution is 2.25. The van der Waals surface area contributed by atoms with Crippen LogP contribution in [0.1, 0.15) is 5.69 Å². The monoisotopic (exact) mass is 253 g/mol. The summed E-state index contributed by atoms with van der Waals surface area (Å²) in [5, 5.41) is 0.457. The molecule has 0 saturated heterocycles. The highest BCUT2D eigenvalue weighted by atomic mass is 32.2. The molecular weight excluding hydrogens is 244 g/mol. The maximum absolute atomic E-state index is 13.0. The lowest BCUT2D eigenvalue weighted by molar-refractivity contribution is 0.506. The van der Waals surface area contributed by atoms with Gasteiger partial charge >= 0.3 is 0 Å². The van der Waals surface area contributed by atoms with Gasteiger partial charge < -0.3 is 5.73 Å². The maximum atomic E-state index is 13.0. The first-order chi connectivity index (χ1) is 8.19. The van der Waals surface area contributed by atoms with E-state index in [9.17, 15) is 8.78 Å². The molecule has 0 spiro atoms. The molecule has 0 radical (unpaired) electrons. The summed E-state index contributed by atoms with van der Waals surface area (Å²) in [6, 6.07) is 5.36. The molecule has 0 aliphatic carbocycles. The summed E-state index contributed by atoms with van der Waals surface area (Å²) in [5.41, 5.74) is 6.15. The third-order valence-corrected chi connectivity index (χ3v) is 2.87. The van der Waals surface area contributed by atoms with Crippen molar-refractivity contribution in [1.82, 2.24) is 9.97 Å². The van der Waals surface area contributed by atoms with Crippen molar-refractivity contribution >= 4 is 11.8 Å². The molecule has 0 saturated carbocycles. The number of hydrogen-bond donors (Lipinski definition) is 1. The standard InChI is InChI=1S/C11H9F2N3S/c12-9-2-1-8(5-10(9)13)17-11-15-4-3-7(6-14)16-11/h1-5H,6,14H2. The fourth-order valence-corrected chi connectivity index (χ4v) is 1.97. The summed E-state index contributed by atoms with van der Waals surface area (Å²) >= 11 is 1.16. The minimum Gasteiger partial charge on any atom is -0.325 e. The van der Waals surface area contributed by atoms with E-state index in [0.29, 0.717) is 22.3 Å². The van der Waals surface area contributed by atoms with E-state index in [0.717, 1.165) is 23.9 Å². The Bertz CT molecular complexity index is 534. The fourth-order valence-electron chi connectivity index (χ4n) is 1.18. The Labute approximate surface area is 101 Å². The largest absolute Gasteiger partial charge is 0.325 e. The third-order valence-electron chi connectivity index (χ3n) is 2.00. The number of benzene rings is 1. The van der Waals surface area contributed by atoms with Gasteiger partial charge in [-0.05, 0) is 36.0 Å². The van der Waals surface area contributed by atoms with E-state index in [1.54, 1.807) is 12.3 Å². The van der Waals surface area contributed by atoms with Crippen LogP contribution in [0.4, 0.5) is 8.78 Å². The zero-order chi connectivity index (χ0) is 12.3. The molecule has 3 nitrogen and oxygen atoms in total. The van der Waals surface area contributed by atoms with Crippen LogP contribution in [0.3, 0.4) is 0 Å². The molecule has 1 heterocycles. The molecule has 17 heavy (non-hydrogen) atoms. The van der Waals surface area contributed by atoms with E-state index >= 15 is 0 Å². The van der Waals surface area contributed by atoms with Crippen LogP contribution >= 0.6 is 11.8 Å². The van der Waals surface area contributed by atoms with Crippen molar-refractivity contribution in [3.8, 4) is 0 Å². The lowest BCUT2D eigenvalue weighted by atomic mass is 10.3. The van der Waals surface area contributed by atoms with Crippen molar-refractivity contribution in [2.45, 2.75) is 16.6 Å². The lowest BCUT2D eigenvalue weighted by Crippen LogP contribution is -2.00. The Morgan fingerprint density at radius 2 is 2.00 bits per heavy atom. The molecule has 2 rings (SSSR count). The second-order valence-electron chi connectivity index (χ2n) is 3.21. The minimum atomic E-state index is -0.884. The van der Waals surface area contributed by atoms with E-state index in [-0.39, 0.29) is 0 Å². The summed E-state index contributed by atoms with van der Waals surface area (Å²) in [6.45, 7) is 0.313. The minimum absolute atomic E-state index is 0.313. The highest BCUT2D eigenvalue weighted by molar-refractivity contribution is 7.99. The van der Waals surface area contributed by atoms with Gasteiger partial charge in [-0.3, -0.25) is 0 Å². The molecule has 0 amide bonds. The average molecular weight is 253 g/mol. The Morgan fingerprint density at radius 3 is 2.71 bits per heavy atom. The van der Waals surface area contributed by atoms with E-state index in [4.69, 9.17) is 5.73 Å². The number of rotatable bonds is 3. The first-order valence-electron chi connectivity index (χ1n) is 4.84. The Hall–Kier alpha value is -1.53. The van der Waals surface area contributed by atoms with Gasteiger partial charge in [0.1, 0.15) is 0 Å². The fraction of sp³-hybridized carbons (Fsp3) is 0.0909. The zero-order valence-corrected chi connectivity index (χ0v) is 9.55. The third kappa shape index (κ3) is 2.98. The summed E-state index contributed by atoms with van der Waals surface area (Å²) in [7, 11) is 0. The van der Waals surface area contributed by atoms with Gasteiger partial charge in [0.15, 0.2) is 16.8 Å². The summed E-state index contributed by atoms with van der Waals surface area (Å²) in [6.07, 6.45) is 1.58. The second-order valence-corrected chi connectivity index (χ2v) is 4.25. The van der Waals surface area contributed by atoms with Crippen LogP contribution in [0, 0.1) is 11.6 Å². The first-order valence-corrected chi connectivity index (χ1v) is 5.65. The van der Waals surface area contributed by atoms with Crippen molar-refractivity contribution in [1.29, 1.82) is 0 Å². The van der Waals surface area contributed by atoms with Crippen molar-refractivity contribution < 1.29 is 8.78 Å². The molecule has 2 N–H and O–H groups in total. The molecular formula is C11H9F2N3S. The number of nitrogens with zero attached hydrogens (tertiary/aromatic N) is 2. The van der Waals surface area contributed by atoms with Crippen LogP contribution < -0.4 is 5.73 Å². The maximum Gasteiger partial charge on any atom is 0.192 e. The molecule has 0 aliphatic rings. The Balaban J connectivity index is 2.22. The van der Waals surface area contributed by atoms with Crippen LogP contribution in [0.15, 0.2) is 40.5 Å². The van der Waals surface area contributed by atoms with E-state index in [2.05, 4.69) is 9.97 Å². The van der Waals surface area contributed by atoms with Gasteiger partial charge in [0.2, 0.25) is 0 Å². The molecule has 0 bridgehead atoms. The van der Waals surface area contributed by atoms with Crippen LogP contribution in [0.25, 0.3) is 0 Å². The van der Waals surface area contributed by atoms with Crippen LogP contribution in [0.5, 0.6) is 0 Å². The summed E-state index contributed by atoms with van der Waals surface area (Å²) in [5.74, 6) is -1.75. The lowest BCUT2D eigenvalue weighted by Gasteiger charge is -2.02. The van der Waals surface area contributed by atoms with Crippen molar-refractivity contribution in [2.24, 2.45) is 5.73 Å². The van der Waals surface area contributed by atoms with Gasteiger partial charge in [0.25, 0.3) is 0 Å². The van der Waals surface area contributed by atoms with Crippen LogP contribution in [-0.2, 0) is 6.54 Å². The van der Waals surface area contributed by atoms with Crippen LogP contribution in [-0.4, -0.2) is 9.97 Å². The van der Waals surface area contributed by atoms with Gasteiger partial charge in [0.05, 0.1) is 5.69 Å². The highest BCUT2D eigenvalue weighted by Gasteiger charge is 2.06. The Morgan fingerprint density at radius 1 is 1.18 bits per heavy atom. The number of nitrogens with two attached hydrogens (primary N) is 1. The molecule has 0 aliphatic heterocycles. The SMILES string of the molecule is NCc1ccnc(Sc2ccc(F)c(F)c2)n1. The van der Waals surface area contributed by atoms with Crippen molar-refractivity contribution in [3.05, 3.63) is 47.8 Å². The van der Waals surface area contributed by atoms with E-state index in [1.807, 2.05) is 0 Å². The van der Waals surface area contributed by atoms with Crippen molar-refractivity contribution in [2.75, 3.05) is 0 Å². The van der Waals surface area contributed by atoms with E-state index in [1.165, 1.54) is 6.07 Å². The topological polar surface area (TPSA) is 51.8 Å². The molecule has 6 heteroatoms. The smallest absolute Gasteiger partial charge is 0.192 e. The summed E-state index contributed by atoms with van der Waals surface area (Å²) in [4.78, 5) is 8.70. The quantitative estimate of drug-likeness (QED) is 0.853. The molecule has 2 aromatic rings. The predicted octanol–water partition coefficient (Wildman–Crippen LogP) is 2.36. The van der Waals surface area contributed by atoms with Gasteiger partial charge in [-0.15, -0.1) is 0 Å². The molecule has 0 atom stereocenters. The number of halogens is 2. The second kappa shape index (κ2) is 5.20. The average Bonchev–Trinajstić information content (AvgIpc) is 2.34. The molecule has 0 fully saturated rings. The zero-order valence-electron chi connectivity index (χ0n) is 8.73. The number of hydrogen-bond acceptors (Lipinski definition) is 4. The molecule has 1 aromatic carbocycles. The van der Waals surface area contributed by atoms with Gasteiger partial charge in [-0.25, -0.2) is 18.7 Å². The summed E-state index contributed by atoms with van der Waals surface area (Å²) < 4.78 is 25.7. The van der Waals surface area contributed by atoms with Crippen molar-refractivity contribution in [3.63, 3.8) is 0 Å². The van der Waals surface area contributed by atoms with E-state index < -0.39 is 11.6 Å². The normalized spacial score (nSPS) is 10.5. The van der Waals surface area contributed by atoms with Crippen LogP contribution in [0.2, 0.25) is 0 Å². The molecule has 0 unspecified atom stereocenters. The Kier molecular flexibility index (Phi) is 3.65. The van der Waals surface area contributed by atoms with Gasteiger partial charge in [0, 0.05) is 17.6 Å². The number of aromatic nitrogens is 2. The first kappa shape index (κ1) is 11.9. The molecule has 88 valence electrons. The van der Waals surface area contributed by atoms with Gasteiger partial charge in [-0.1, -0.05) is 0 Å². The molecule has 1 aromatic heterocycles. The van der Waals surface area contributed by atoms with Gasteiger partial charge in [-0.2, -0.15) is 0 Å².